The molecule has 0 saturated carbocycles. The zero-order valence-corrected chi connectivity index (χ0v) is 14.6. The van der Waals surface area contributed by atoms with Crippen LogP contribution in [0.4, 0.5) is 5.69 Å². The second-order valence-electron chi connectivity index (χ2n) is 5.98. The van der Waals surface area contributed by atoms with Crippen LogP contribution in [0, 0.1) is 0 Å². The van der Waals surface area contributed by atoms with E-state index in [2.05, 4.69) is 30.2 Å². The van der Waals surface area contributed by atoms with Gasteiger partial charge in [-0.05, 0) is 17.5 Å². The van der Waals surface area contributed by atoms with E-state index < -0.39 is 0 Å². The second-order valence-corrected chi connectivity index (χ2v) is 6.84. The van der Waals surface area contributed by atoms with Crippen LogP contribution in [0.5, 0.6) is 0 Å². The Morgan fingerprint density at radius 1 is 1.08 bits per heavy atom. The summed E-state index contributed by atoms with van der Waals surface area (Å²) in [6.45, 7) is 4.25. The first-order chi connectivity index (χ1) is 11.6. The van der Waals surface area contributed by atoms with Crippen LogP contribution < -0.4 is 5.32 Å². The van der Waals surface area contributed by atoms with E-state index in [0.717, 1.165) is 27.5 Å². The van der Waals surface area contributed by atoms with E-state index in [4.69, 9.17) is 0 Å². The van der Waals surface area contributed by atoms with E-state index in [1.54, 1.807) is 11.3 Å². The van der Waals surface area contributed by atoms with Crippen molar-refractivity contribution in [2.75, 3.05) is 5.32 Å². The number of hydrogen-bond acceptors (Lipinski definition) is 3. The van der Waals surface area contributed by atoms with Crippen LogP contribution in [-0.2, 0) is 11.2 Å². The summed E-state index contributed by atoms with van der Waals surface area (Å²) >= 11 is 1.57. The highest BCUT2D eigenvalue weighted by Crippen LogP contribution is 2.25. The third-order valence-electron chi connectivity index (χ3n) is 3.77. The first kappa shape index (κ1) is 16.4. The van der Waals surface area contributed by atoms with Gasteiger partial charge in [-0.25, -0.2) is 4.98 Å². The number of hydrogen-bond donors (Lipinski definition) is 1. The SMILES string of the molecule is CC(C)c1ccccc1NC(=O)Cc1csc(-c2ccccc2)n1. The summed E-state index contributed by atoms with van der Waals surface area (Å²) in [6.07, 6.45) is 0.287. The van der Waals surface area contributed by atoms with Crippen LogP contribution in [0.15, 0.2) is 60.0 Å². The summed E-state index contributed by atoms with van der Waals surface area (Å²) in [6, 6.07) is 18.0. The molecule has 24 heavy (non-hydrogen) atoms. The van der Waals surface area contributed by atoms with Gasteiger partial charge in [0, 0.05) is 16.6 Å². The Hall–Kier alpha value is -2.46. The van der Waals surface area contributed by atoms with Crippen molar-refractivity contribution >= 4 is 22.9 Å². The highest BCUT2D eigenvalue weighted by molar-refractivity contribution is 7.13. The van der Waals surface area contributed by atoms with E-state index in [1.807, 2.05) is 53.9 Å². The topological polar surface area (TPSA) is 42.0 Å². The monoisotopic (exact) mass is 336 g/mol. The minimum atomic E-state index is -0.0342. The summed E-state index contributed by atoms with van der Waals surface area (Å²) in [5.41, 5.74) is 3.92. The number of amides is 1. The summed E-state index contributed by atoms with van der Waals surface area (Å²) < 4.78 is 0. The van der Waals surface area contributed by atoms with Gasteiger partial charge in [0.25, 0.3) is 0 Å². The average Bonchev–Trinajstić information content (AvgIpc) is 3.04. The van der Waals surface area contributed by atoms with E-state index in [1.165, 1.54) is 0 Å². The lowest BCUT2D eigenvalue weighted by Crippen LogP contribution is -2.16. The normalized spacial score (nSPS) is 10.8. The lowest BCUT2D eigenvalue weighted by molar-refractivity contribution is -0.115. The molecule has 4 heteroatoms. The highest BCUT2D eigenvalue weighted by atomic mass is 32.1. The maximum atomic E-state index is 12.4. The summed E-state index contributed by atoms with van der Waals surface area (Å²) in [5, 5.41) is 5.92. The largest absolute Gasteiger partial charge is 0.325 e. The first-order valence-electron chi connectivity index (χ1n) is 8.02. The van der Waals surface area contributed by atoms with Crippen molar-refractivity contribution in [3.8, 4) is 10.6 Å². The quantitative estimate of drug-likeness (QED) is 0.703. The third kappa shape index (κ3) is 3.89. The number of benzene rings is 2. The Morgan fingerprint density at radius 3 is 2.54 bits per heavy atom. The molecule has 0 bridgehead atoms. The summed E-state index contributed by atoms with van der Waals surface area (Å²) in [5.74, 6) is 0.332. The van der Waals surface area contributed by atoms with Gasteiger partial charge in [0.05, 0.1) is 12.1 Å². The van der Waals surface area contributed by atoms with Gasteiger partial charge in [0.1, 0.15) is 5.01 Å². The Bertz CT molecular complexity index is 824. The molecule has 1 aromatic heterocycles. The molecule has 0 aliphatic carbocycles. The Labute approximate surface area is 146 Å². The smallest absolute Gasteiger partial charge is 0.230 e. The Morgan fingerprint density at radius 2 is 1.79 bits per heavy atom. The molecule has 3 rings (SSSR count). The number of nitrogens with one attached hydrogen (secondary N) is 1. The Kier molecular flexibility index (Phi) is 5.06. The molecule has 0 saturated heterocycles. The molecule has 1 amide bonds. The predicted octanol–water partition coefficient (Wildman–Crippen LogP) is 5.11. The van der Waals surface area contributed by atoms with Crippen LogP contribution in [0.1, 0.15) is 31.0 Å². The van der Waals surface area contributed by atoms with Gasteiger partial charge in [0.2, 0.25) is 5.91 Å². The van der Waals surface area contributed by atoms with Crippen molar-refractivity contribution in [1.82, 2.24) is 4.98 Å². The summed E-state index contributed by atoms with van der Waals surface area (Å²) in [4.78, 5) is 16.9. The number of carbonyl (C=O) groups excluding carboxylic acids is 1. The fourth-order valence-electron chi connectivity index (χ4n) is 2.57. The van der Waals surface area contributed by atoms with Crippen molar-refractivity contribution in [3.05, 3.63) is 71.2 Å². The number of para-hydroxylation sites is 1. The number of carbonyl (C=O) groups is 1. The number of rotatable bonds is 5. The van der Waals surface area contributed by atoms with Crippen molar-refractivity contribution in [3.63, 3.8) is 0 Å². The maximum absolute atomic E-state index is 12.4. The van der Waals surface area contributed by atoms with Crippen molar-refractivity contribution in [2.45, 2.75) is 26.2 Å². The van der Waals surface area contributed by atoms with Gasteiger partial charge in [-0.1, -0.05) is 62.4 Å². The van der Waals surface area contributed by atoms with E-state index >= 15 is 0 Å². The molecule has 3 nitrogen and oxygen atoms in total. The average molecular weight is 336 g/mol. The molecule has 0 spiro atoms. The van der Waals surface area contributed by atoms with Crippen LogP contribution in [0.2, 0.25) is 0 Å². The molecule has 0 aliphatic heterocycles. The van der Waals surface area contributed by atoms with E-state index in [9.17, 15) is 4.79 Å². The Balaban J connectivity index is 1.69. The molecular formula is C20H20N2OS. The molecule has 1 N–H and O–H groups in total. The van der Waals surface area contributed by atoms with Crippen molar-refractivity contribution in [1.29, 1.82) is 0 Å². The standard InChI is InChI=1S/C20H20N2OS/c1-14(2)17-10-6-7-11-18(17)22-19(23)12-16-13-24-20(21-16)15-8-4-3-5-9-15/h3-11,13-14H,12H2,1-2H3,(H,22,23). The zero-order chi connectivity index (χ0) is 16.9. The second kappa shape index (κ2) is 7.41. The lowest BCUT2D eigenvalue weighted by atomic mass is 10.0. The van der Waals surface area contributed by atoms with E-state index in [0.29, 0.717) is 5.92 Å². The lowest BCUT2D eigenvalue weighted by Gasteiger charge is -2.13. The zero-order valence-electron chi connectivity index (χ0n) is 13.8. The van der Waals surface area contributed by atoms with Crippen molar-refractivity contribution < 1.29 is 4.79 Å². The third-order valence-corrected chi connectivity index (χ3v) is 4.71. The molecule has 0 unspecified atom stereocenters. The van der Waals surface area contributed by atoms with Crippen LogP contribution >= 0.6 is 11.3 Å². The fourth-order valence-corrected chi connectivity index (χ4v) is 3.40. The molecule has 0 atom stereocenters. The van der Waals surface area contributed by atoms with Crippen LogP contribution in [0.3, 0.4) is 0 Å². The minimum Gasteiger partial charge on any atom is -0.325 e. The molecule has 0 aliphatic rings. The van der Waals surface area contributed by atoms with Gasteiger partial charge in [0.15, 0.2) is 0 Å². The van der Waals surface area contributed by atoms with Crippen LogP contribution in [-0.4, -0.2) is 10.9 Å². The van der Waals surface area contributed by atoms with Crippen LogP contribution in [0.25, 0.3) is 10.6 Å². The number of thiazole rings is 1. The molecule has 0 radical (unpaired) electrons. The van der Waals surface area contributed by atoms with Crippen molar-refractivity contribution in [2.24, 2.45) is 0 Å². The molecule has 3 aromatic rings. The number of aromatic nitrogens is 1. The summed E-state index contributed by atoms with van der Waals surface area (Å²) in [7, 11) is 0. The molecule has 122 valence electrons. The number of nitrogens with zero attached hydrogens (tertiary/aromatic N) is 1. The fraction of sp³-hybridized carbons (Fsp3) is 0.200. The minimum absolute atomic E-state index is 0.0342. The molecule has 0 fully saturated rings. The van der Waals surface area contributed by atoms with Gasteiger partial charge in [-0.3, -0.25) is 4.79 Å². The highest BCUT2D eigenvalue weighted by Gasteiger charge is 2.12. The molecular weight excluding hydrogens is 316 g/mol. The van der Waals surface area contributed by atoms with E-state index in [-0.39, 0.29) is 12.3 Å². The predicted molar refractivity (Wildman–Crippen MR) is 100 cm³/mol. The van der Waals surface area contributed by atoms with Gasteiger partial charge in [-0.15, -0.1) is 11.3 Å². The van der Waals surface area contributed by atoms with Gasteiger partial charge in [-0.2, -0.15) is 0 Å². The molecule has 2 aromatic carbocycles. The number of anilines is 1. The molecule has 1 heterocycles. The van der Waals surface area contributed by atoms with Gasteiger partial charge >= 0.3 is 0 Å². The van der Waals surface area contributed by atoms with Gasteiger partial charge < -0.3 is 5.32 Å². The first-order valence-corrected chi connectivity index (χ1v) is 8.90. The maximum Gasteiger partial charge on any atom is 0.230 e.